The van der Waals surface area contributed by atoms with Gasteiger partial charge >= 0.3 is 11.7 Å². The summed E-state index contributed by atoms with van der Waals surface area (Å²) in [6.07, 6.45) is 1.23. The van der Waals surface area contributed by atoms with E-state index in [4.69, 9.17) is 5.11 Å². The summed E-state index contributed by atoms with van der Waals surface area (Å²) in [6.45, 7) is 3.08. The summed E-state index contributed by atoms with van der Waals surface area (Å²) in [7, 11) is 0. The molecule has 2 unspecified atom stereocenters. The number of rotatable bonds is 4. The fourth-order valence-corrected chi connectivity index (χ4v) is 1.08. The Morgan fingerprint density at radius 2 is 2.06 bits per heavy atom. The van der Waals surface area contributed by atoms with Gasteiger partial charge in [-0.3, -0.25) is 9.59 Å². The van der Waals surface area contributed by atoms with Crippen LogP contribution in [-0.4, -0.2) is 33.0 Å². The number of carbonyl (C=O) groups excluding carboxylic acids is 1. The Labute approximate surface area is 90.9 Å². The van der Waals surface area contributed by atoms with Crippen molar-refractivity contribution in [1.82, 2.24) is 15.3 Å². The van der Waals surface area contributed by atoms with Crippen LogP contribution in [0, 0.1) is 5.92 Å². The van der Waals surface area contributed by atoms with Gasteiger partial charge in [-0.25, -0.2) is 4.79 Å². The van der Waals surface area contributed by atoms with Crippen molar-refractivity contribution >= 4 is 11.9 Å². The van der Waals surface area contributed by atoms with E-state index in [2.05, 4.69) is 15.3 Å². The van der Waals surface area contributed by atoms with Crippen molar-refractivity contribution in [3.63, 3.8) is 0 Å². The Balaban J connectivity index is 2.65. The van der Waals surface area contributed by atoms with Crippen LogP contribution in [-0.2, 0) is 4.79 Å². The van der Waals surface area contributed by atoms with Gasteiger partial charge < -0.3 is 20.4 Å². The molecule has 0 radical (unpaired) electrons. The van der Waals surface area contributed by atoms with E-state index in [0.717, 1.165) is 0 Å². The molecule has 1 heterocycles. The van der Waals surface area contributed by atoms with Crippen molar-refractivity contribution in [2.45, 2.75) is 19.9 Å². The number of carbonyl (C=O) groups is 2. The summed E-state index contributed by atoms with van der Waals surface area (Å²) in [4.78, 5) is 37.5. The molecule has 1 aromatic rings. The lowest BCUT2D eigenvalue weighted by Crippen LogP contribution is -2.40. The molecular formula is C9H13N3O4. The molecule has 0 fully saturated rings. The monoisotopic (exact) mass is 227 g/mol. The number of hydrogen-bond acceptors (Lipinski definition) is 3. The highest BCUT2D eigenvalue weighted by molar-refractivity contribution is 5.92. The van der Waals surface area contributed by atoms with E-state index >= 15 is 0 Å². The van der Waals surface area contributed by atoms with Crippen molar-refractivity contribution in [3.05, 3.63) is 22.4 Å². The third-order valence-corrected chi connectivity index (χ3v) is 2.34. The van der Waals surface area contributed by atoms with Crippen LogP contribution < -0.4 is 11.0 Å². The quantitative estimate of drug-likeness (QED) is 0.557. The first-order valence-electron chi connectivity index (χ1n) is 4.73. The Morgan fingerprint density at radius 3 is 2.50 bits per heavy atom. The molecule has 2 atom stereocenters. The van der Waals surface area contributed by atoms with Crippen LogP contribution in [0.2, 0.25) is 0 Å². The molecule has 0 bridgehead atoms. The van der Waals surface area contributed by atoms with Gasteiger partial charge in [0.25, 0.3) is 5.91 Å². The Hall–Kier alpha value is -2.05. The zero-order chi connectivity index (χ0) is 12.3. The second-order valence-corrected chi connectivity index (χ2v) is 3.55. The van der Waals surface area contributed by atoms with Gasteiger partial charge in [0.05, 0.1) is 5.92 Å². The molecule has 0 saturated carbocycles. The molecule has 4 N–H and O–H groups in total. The molecule has 0 saturated heterocycles. The number of aliphatic carboxylic acids is 1. The molecule has 7 heteroatoms. The number of imidazole rings is 1. The average Bonchev–Trinajstić information content (AvgIpc) is 2.63. The minimum absolute atomic E-state index is 0.0782. The number of aromatic amines is 2. The molecular weight excluding hydrogens is 214 g/mol. The second-order valence-electron chi connectivity index (χ2n) is 3.55. The zero-order valence-corrected chi connectivity index (χ0v) is 8.90. The number of amides is 1. The smallest absolute Gasteiger partial charge is 0.323 e. The predicted molar refractivity (Wildman–Crippen MR) is 55.1 cm³/mol. The van der Waals surface area contributed by atoms with Gasteiger partial charge in [-0.1, -0.05) is 0 Å². The van der Waals surface area contributed by atoms with Crippen LogP contribution in [0.4, 0.5) is 0 Å². The van der Waals surface area contributed by atoms with Crippen molar-refractivity contribution in [2.75, 3.05) is 0 Å². The molecule has 88 valence electrons. The molecule has 0 aliphatic heterocycles. The summed E-state index contributed by atoms with van der Waals surface area (Å²) in [5, 5.41) is 11.2. The van der Waals surface area contributed by atoms with Gasteiger partial charge in [0.15, 0.2) is 0 Å². The van der Waals surface area contributed by atoms with E-state index in [-0.39, 0.29) is 5.69 Å². The van der Waals surface area contributed by atoms with Crippen molar-refractivity contribution in [3.8, 4) is 0 Å². The van der Waals surface area contributed by atoms with Crippen molar-refractivity contribution in [1.29, 1.82) is 0 Å². The molecule has 1 amide bonds. The average molecular weight is 227 g/mol. The molecule has 0 spiro atoms. The highest BCUT2D eigenvalue weighted by Crippen LogP contribution is 2.03. The normalized spacial score (nSPS) is 14.1. The largest absolute Gasteiger partial charge is 0.481 e. The van der Waals surface area contributed by atoms with Gasteiger partial charge in [-0.2, -0.15) is 0 Å². The minimum Gasteiger partial charge on any atom is -0.481 e. The first kappa shape index (κ1) is 12.0. The van der Waals surface area contributed by atoms with E-state index in [1.54, 1.807) is 6.92 Å². The van der Waals surface area contributed by atoms with E-state index in [1.807, 2.05) is 0 Å². The van der Waals surface area contributed by atoms with Gasteiger partial charge in [0.2, 0.25) is 0 Å². The lowest BCUT2D eigenvalue weighted by molar-refractivity contribution is -0.141. The van der Waals surface area contributed by atoms with E-state index < -0.39 is 29.5 Å². The van der Waals surface area contributed by atoms with E-state index in [9.17, 15) is 14.4 Å². The first-order valence-corrected chi connectivity index (χ1v) is 4.73. The van der Waals surface area contributed by atoms with Crippen LogP contribution in [0.1, 0.15) is 24.3 Å². The molecule has 0 aliphatic rings. The molecule has 0 aromatic carbocycles. The molecule has 16 heavy (non-hydrogen) atoms. The third-order valence-electron chi connectivity index (χ3n) is 2.34. The lowest BCUT2D eigenvalue weighted by atomic mass is 10.0. The van der Waals surface area contributed by atoms with Crippen LogP contribution in [0.15, 0.2) is 11.0 Å². The SMILES string of the molecule is CC(NC(=O)c1c[nH]c(=O)[nH]1)C(C)C(=O)O. The van der Waals surface area contributed by atoms with E-state index in [1.165, 1.54) is 13.1 Å². The first-order chi connectivity index (χ1) is 7.41. The highest BCUT2D eigenvalue weighted by Gasteiger charge is 2.21. The van der Waals surface area contributed by atoms with E-state index in [0.29, 0.717) is 0 Å². The van der Waals surface area contributed by atoms with Crippen molar-refractivity contribution in [2.24, 2.45) is 5.92 Å². The predicted octanol–water partition coefficient (Wildman–Crippen LogP) is -0.458. The highest BCUT2D eigenvalue weighted by atomic mass is 16.4. The topological polar surface area (TPSA) is 115 Å². The standard InChI is InChI=1S/C9H13N3O4/c1-4(8(14)15)5(2)11-7(13)6-3-10-9(16)12-6/h3-5H,1-2H3,(H,11,13)(H,14,15)(H2,10,12,16). The van der Waals surface area contributed by atoms with Gasteiger partial charge in [0, 0.05) is 12.2 Å². The maximum atomic E-state index is 11.5. The number of hydrogen-bond donors (Lipinski definition) is 4. The zero-order valence-electron chi connectivity index (χ0n) is 8.90. The van der Waals surface area contributed by atoms with Crippen LogP contribution in [0.3, 0.4) is 0 Å². The summed E-state index contributed by atoms with van der Waals surface area (Å²) < 4.78 is 0. The third kappa shape index (κ3) is 2.72. The molecule has 7 nitrogen and oxygen atoms in total. The molecule has 1 aromatic heterocycles. The Bertz CT molecular complexity index is 448. The van der Waals surface area contributed by atoms with Crippen LogP contribution in [0.5, 0.6) is 0 Å². The Kier molecular flexibility index (Phi) is 3.49. The fourth-order valence-electron chi connectivity index (χ4n) is 1.08. The number of nitrogens with one attached hydrogen (secondary N) is 3. The molecule has 1 rings (SSSR count). The van der Waals surface area contributed by atoms with Crippen LogP contribution >= 0.6 is 0 Å². The summed E-state index contributed by atoms with van der Waals surface area (Å²) in [5.74, 6) is -2.20. The fraction of sp³-hybridized carbons (Fsp3) is 0.444. The number of aromatic nitrogens is 2. The maximum absolute atomic E-state index is 11.5. The second kappa shape index (κ2) is 4.65. The molecule has 0 aliphatic carbocycles. The van der Waals surface area contributed by atoms with Gasteiger partial charge in [-0.05, 0) is 13.8 Å². The number of H-pyrrole nitrogens is 2. The van der Waals surface area contributed by atoms with Gasteiger partial charge in [0.1, 0.15) is 5.69 Å². The summed E-state index contributed by atoms with van der Waals surface area (Å²) in [5.41, 5.74) is -0.404. The maximum Gasteiger partial charge on any atom is 0.323 e. The number of carboxylic acids is 1. The summed E-state index contributed by atoms with van der Waals surface area (Å²) in [6, 6.07) is -0.525. The Morgan fingerprint density at radius 1 is 1.44 bits per heavy atom. The summed E-state index contributed by atoms with van der Waals surface area (Å²) >= 11 is 0. The van der Waals surface area contributed by atoms with Crippen LogP contribution in [0.25, 0.3) is 0 Å². The minimum atomic E-state index is -0.990. The van der Waals surface area contributed by atoms with Crippen molar-refractivity contribution < 1.29 is 14.7 Å². The lowest BCUT2D eigenvalue weighted by Gasteiger charge is -2.16. The van der Waals surface area contributed by atoms with Gasteiger partial charge in [-0.15, -0.1) is 0 Å². The number of carboxylic acid groups (broad SMARTS) is 1.